The van der Waals surface area contributed by atoms with E-state index in [4.69, 9.17) is 9.47 Å². The summed E-state index contributed by atoms with van der Waals surface area (Å²) in [6.07, 6.45) is 1.33. The van der Waals surface area contributed by atoms with Crippen molar-refractivity contribution >= 4 is 35.2 Å². The monoisotopic (exact) mass is 374 g/mol. The van der Waals surface area contributed by atoms with Crippen molar-refractivity contribution in [2.45, 2.75) is 33.3 Å². The van der Waals surface area contributed by atoms with E-state index >= 15 is 0 Å². The Balaban J connectivity index is 2.18. The van der Waals surface area contributed by atoms with Crippen LogP contribution >= 0.6 is 15.9 Å². The van der Waals surface area contributed by atoms with Crippen LogP contribution in [0.25, 0.3) is 0 Å². The van der Waals surface area contributed by atoms with Crippen molar-refractivity contribution in [3.05, 3.63) is 52.0 Å². The molecule has 120 valence electrons. The van der Waals surface area contributed by atoms with E-state index in [1.165, 1.54) is 5.56 Å². The molecule has 2 rings (SSSR count). The zero-order chi connectivity index (χ0) is 16.8. The van der Waals surface area contributed by atoms with Gasteiger partial charge in [0.2, 0.25) is 0 Å². The van der Waals surface area contributed by atoms with Gasteiger partial charge in [-0.25, -0.2) is 0 Å². The lowest BCUT2D eigenvalue weighted by molar-refractivity contribution is -0.134. The van der Waals surface area contributed by atoms with Crippen molar-refractivity contribution in [1.29, 1.82) is 0 Å². The number of aryl methyl sites for hydroxylation is 1. The van der Waals surface area contributed by atoms with Gasteiger partial charge in [0, 0.05) is 12.0 Å². The highest BCUT2D eigenvalue weighted by Crippen LogP contribution is 2.28. The Morgan fingerprint density at radius 1 is 1.17 bits per heavy atom. The highest BCUT2D eigenvalue weighted by molar-refractivity contribution is 9.10. The lowest BCUT2D eigenvalue weighted by Crippen LogP contribution is -2.17. The first kappa shape index (κ1) is 17.6. The van der Waals surface area contributed by atoms with Crippen LogP contribution < -0.4 is 14.9 Å². The van der Waals surface area contributed by atoms with Gasteiger partial charge in [-0.15, -0.1) is 0 Å². The fourth-order valence-electron chi connectivity index (χ4n) is 2.18. The lowest BCUT2D eigenvalue weighted by Gasteiger charge is -2.15. The molecule has 0 fully saturated rings. The highest BCUT2D eigenvalue weighted by Gasteiger charge is 2.12. The Hall–Kier alpha value is -1.75. The van der Waals surface area contributed by atoms with E-state index in [1.807, 2.05) is 26.0 Å². The van der Waals surface area contributed by atoms with Crippen LogP contribution in [0.5, 0.6) is 11.5 Å². The number of esters is 1. The summed E-state index contributed by atoms with van der Waals surface area (Å²) in [5.41, 5.74) is 3.17. The maximum atomic E-state index is 11.6. The molecule has 3 nitrogen and oxygen atoms in total. The second kappa shape index (κ2) is 8.20. The smallest absolute Gasteiger partial charge is 0.310 e. The fourth-order valence-corrected chi connectivity index (χ4v) is 2.72. The first-order chi connectivity index (χ1) is 11.0. The van der Waals surface area contributed by atoms with E-state index < -0.39 is 0 Å². The molecule has 0 bridgehead atoms. The zero-order valence-corrected chi connectivity index (χ0v) is 15.3. The van der Waals surface area contributed by atoms with Crippen molar-refractivity contribution in [1.82, 2.24) is 0 Å². The van der Waals surface area contributed by atoms with Crippen LogP contribution in [0.3, 0.4) is 0 Å². The minimum Gasteiger partial charge on any atom is -0.488 e. The second-order valence-corrected chi connectivity index (χ2v) is 6.14. The summed E-state index contributed by atoms with van der Waals surface area (Å²) in [6, 6.07) is 11.7. The number of hydrogen-bond donors (Lipinski definition) is 0. The quantitative estimate of drug-likeness (QED) is 0.442. The van der Waals surface area contributed by atoms with E-state index in [9.17, 15) is 4.79 Å². The Kier molecular flexibility index (Phi) is 6.28. The maximum Gasteiger partial charge on any atom is 0.310 e. The van der Waals surface area contributed by atoms with Crippen molar-refractivity contribution in [2.75, 3.05) is 0 Å². The number of rotatable bonds is 6. The molecule has 0 unspecified atom stereocenters. The predicted octanol–water partition coefficient (Wildman–Crippen LogP) is 3.16. The first-order valence-corrected chi connectivity index (χ1v) is 8.54. The van der Waals surface area contributed by atoms with E-state index in [2.05, 4.69) is 35.0 Å². The largest absolute Gasteiger partial charge is 0.488 e. The molecule has 0 atom stereocenters. The lowest BCUT2D eigenvalue weighted by atomic mass is 9.90. The molecular weight excluding hydrogens is 355 g/mol. The Labute approximate surface area is 146 Å². The topological polar surface area (TPSA) is 35.5 Å². The van der Waals surface area contributed by atoms with Crippen LogP contribution in [-0.2, 0) is 17.8 Å². The molecule has 0 aliphatic heterocycles. The molecule has 23 heavy (non-hydrogen) atoms. The highest BCUT2D eigenvalue weighted by atomic mass is 79.9. The Morgan fingerprint density at radius 2 is 1.96 bits per heavy atom. The maximum absolute atomic E-state index is 11.6. The van der Waals surface area contributed by atoms with Crippen molar-refractivity contribution < 1.29 is 14.3 Å². The third kappa shape index (κ3) is 4.61. The van der Waals surface area contributed by atoms with E-state index in [0.29, 0.717) is 18.8 Å². The predicted molar refractivity (Wildman–Crippen MR) is 98.4 cm³/mol. The normalized spacial score (nSPS) is 10.4. The molecule has 0 aliphatic rings. The molecule has 0 aliphatic carbocycles. The first-order valence-electron chi connectivity index (χ1n) is 7.75. The summed E-state index contributed by atoms with van der Waals surface area (Å²) in [5, 5.41) is 0. The van der Waals surface area contributed by atoms with Gasteiger partial charge in [0.25, 0.3) is 0 Å². The molecule has 5 heteroatoms. The van der Waals surface area contributed by atoms with Crippen LogP contribution in [0.1, 0.15) is 31.4 Å². The summed E-state index contributed by atoms with van der Waals surface area (Å²) in [5.74, 6) is 1.10. The Bertz CT molecular complexity index is 701. The second-order valence-electron chi connectivity index (χ2n) is 5.29. The van der Waals surface area contributed by atoms with Gasteiger partial charge in [-0.1, -0.05) is 37.5 Å². The average Bonchev–Trinajstić information content (AvgIpc) is 2.55. The number of carbonyl (C=O) groups excluding carboxylic acids is 1. The number of carbonyl (C=O) groups is 1. The number of halogens is 1. The average molecular weight is 375 g/mol. The fraction of sp³-hybridized carbons (Fsp3) is 0.278. The molecule has 0 radical (unpaired) electrons. The van der Waals surface area contributed by atoms with E-state index in [0.717, 1.165) is 27.7 Å². The van der Waals surface area contributed by atoms with Gasteiger partial charge < -0.3 is 9.47 Å². The van der Waals surface area contributed by atoms with Crippen LogP contribution in [0.4, 0.5) is 0 Å². The summed E-state index contributed by atoms with van der Waals surface area (Å²) < 4.78 is 12.2. The van der Waals surface area contributed by atoms with Gasteiger partial charge in [-0.2, -0.15) is 0 Å². The zero-order valence-electron chi connectivity index (χ0n) is 13.7. The summed E-state index contributed by atoms with van der Waals surface area (Å²) in [7, 11) is 1.98. The molecule has 0 heterocycles. The van der Waals surface area contributed by atoms with Gasteiger partial charge in [-0.3, -0.25) is 4.79 Å². The van der Waals surface area contributed by atoms with Crippen LogP contribution in [0.15, 0.2) is 40.9 Å². The Morgan fingerprint density at radius 3 is 2.61 bits per heavy atom. The van der Waals surface area contributed by atoms with Crippen LogP contribution in [0, 0.1) is 0 Å². The van der Waals surface area contributed by atoms with Gasteiger partial charge in [0.1, 0.15) is 26.0 Å². The third-order valence-corrected chi connectivity index (χ3v) is 4.28. The van der Waals surface area contributed by atoms with E-state index in [-0.39, 0.29) is 5.97 Å². The minimum absolute atomic E-state index is 0.245. The number of ether oxygens (including phenoxy) is 2. The van der Waals surface area contributed by atoms with E-state index in [1.54, 1.807) is 13.0 Å². The summed E-state index contributed by atoms with van der Waals surface area (Å²) >= 11 is 3.54. The molecule has 0 saturated carbocycles. The number of hydrogen-bond acceptors (Lipinski definition) is 3. The van der Waals surface area contributed by atoms with Crippen LogP contribution in [-0.4, -0.2) is 13.8 Å². The molecule has 0 amide bonds. The summed E-state index contributed by atoms with van der Waals surface area (Å²) in [4.78, 5) is 11.6. The molecule has 0 saturated heterocycles. The molecular formula is C18H20BBrO3. The van der Waals surface area contributed by atoms with Crippen LogP contribution in [0.2, 0.25) is 0 Å². The van der Waals surface area contributed by atoms with Crippen molar-refractivity contribution in [3.63, 3.8) is 0 Å². The summed E-state index contributed by atoms with van der Waals surface area (Å²) in [6.45, 7) is 4.24. The minimum atomic E-state index is -0.245. The standard InChI is InChI=1S/C18H20BBrO3/c1-3-12-8-9-17(15(20)10-12)22-11-13-14(19)6-5-7-16(13)23-18(21)4-2/h5-10H,3-4,11,19H2,1-2H3. The molecule has 2 aromatic rings. The molecule has 0 spiro atoms. The van der Waals surface area contributed by atoms with Crippen molar-refractivity contribution in [3.8, 4) is 11.5 Å². The molecule has 0 N–H and O–H groups in total. The van der Waals surface area contributed by atoms with Gasteiger partial charge in [0.05, 0.1) is 4.47 Å². The molecule has 0 aromatic heterocycles. The van der Waals surface area contributed by atoms with Gasteiger partial charge in [0.15, 0.2) is 0 Å². The van der Waals surface area contributed by atoms with Gasteiger partial charge in [-0.05, 0) is 46.1 Å². The molecule has 2 aromatic carbocycles. The third-order valence-electron chi connectivity index (χ3n) is 3.66. The van der Waals surface area contributed by atoms with Gasteiger partial charge >= 0.3 is 5.97 Å². The SMILES string of the molecule is Bc1cccc(OC(=O)CC)c1COc1ccc(CC)cc1Br. The number of benzene rings is 2. The van der Waals surface area contributed by atoms with Crippen molar-refractivity contribution in [2.24, 2.45) is 0 Å².